The Morgan fingerprint density at radius 3 is 2.71 bits per heavy atom. The Kier molecular flexibility index (Phi) is 4.78. The van der Waals surface area contributed by atoms with Crippen LogP contribution in [0.5, 0.6) is 0 Å². The summed E-state index contributed by atoms with van der Waals surface area (Å²) >= 11 is 0. The summed E-state index contributed by atoms with van der Waals surface area (Å²) in [5.41, 5.74) is 0. The molecule has 2 unspecified atom stereocenters. The highest BCUT2D eigenvalue weighted by atomic mass is 15.3. The summed E-state index contributed by atoms with van der Waals surface area (Å²) in [6.45, 7) is 5.75. The van der Waals surface area contributed by atoms with Gasteiger partial charge in [0.25, 0.3) is 0 Å². The van der Waals surface area contributed by atoms with Crippen LogP contribution in [0.2, 0.25) is 0 Å². The monoisotopic (exact) mass is 236 g/mol. The highest BCUT2D eigenvalue weighted by Gasteiger charge is 2.29. The quantitative estimate of drug-likeness (QED) is 0.778. The fraction of sp³-hybridized carbons (Fsp3) is 0.923. The molecule has 0 aliphatic carbocycles. The molecule has 0 radical (unpaired) electrons. The number of hydrogen-bond donors (Lipinski definition) is 1. The summed E-state index contributed by atoms with van der Waals surface area (Å²) in [4.78, 5) is 5.09. The zero-order chi connectivity index (χ0) is 12.1. The van der Waals surface area contributed by atoms with E-state index in [1.54, 1.807) is 0 Å². The molecule has 2 fully saturated rings. The Labute approximate surface area is 105 Å². The van der Waals surface area contributed by atoms with Crippen molar-refractivity contribution in [1.29, 1.82) is 5.26 Å². The average molecular weight is 236 g/mol. The summed E-state index contributed by atoms with van der Waals surface area (Å²) in [5.74, 6) is 0. The summed E-state index contributed by atoms with van der Waals surface area (Å²) in [6, 6.07) is 3.03. The fourth-order valence-electron chi connectivity index (χ4n) is 3.01. The van der Waals surface area contributed by atoms with Crippen molar-refractivity contribution >= 4 is 0 Å². The van der Waals surface area contributed by atoms with Crippen LogP contribution in [0.4, 0.5) is 0 Å². The summed E-state index contributed by atoms with van der Waals surface area (Å²) in [6.07, 6.45) is 5.42. The summed E-state index contributed by atoms with van der Waals surface area (Å²) < 4.78 is 0. The lowest BCUT2D eigenvalue weighted by Gasteiger charge is -2.32. The predicted molar refractivity (Wildman–Crippen MR) is 68.7 cm³/mol. The van der Waals surface area contributed by atoms with Gasteiger partial charge in [-0.3, -0.25) is 9.80 Å². The number of piperidine rings is 1. The van der Waals surface area contributed by atoms with E-state index >= 15 is 0 Å². The highest BCUT2D eigenvalue weighted by Crippen LogP contribution is 2.20. The lowest BCUT2D eigenvalue weighted by atomic mass is 10.1. The SMILES string of the molecule is CNC(C#N)CN1CCC(N2CCCCC2)C1. The molecule has 96 valence electrons. The number of nitrogens with one attached hydrogen (secondary N) is 1. The van der Waals surface area contributed by atoms with Crippen molar-refractivity contribution in [2.75, 3.05) is 39.8 Å². The first-order valence-corrected chi connectivity index (χ1v) is 6.87. The van der Waals surface area contributed by atoms with Crippen molar-refractivity contribution in [3.63, 3.8) is 0 Å². The Balaban J connectivity index is 1.76. The van der Waals surface area contributed by atoms with E-state index in [4.69, 9.17) is 5.26 Å². The first-order valence-electron chi connectivity index (χ1n) is 6.87. The molecule has 4 nitrogen and oxygen atoms in total. The van der Waals surface area contributed by atoms with E-state index in [9.17, 15) is 0 Å². The molecule has 17 heavy (non-hydrogen) atoms. The molecule has 2 aliphatic heterocycles. The van der Waals surface area contributed by atoms with Gasteiger partial charge in [0.1, 0.15) is 6.04 Å². The zero-order valence-corrected chi connectivity index (χ0v) is 10.9. The molecule has 0 spiro atoms. The van der Waals surface area contributed by atoms with E-state index in [0.717, 1.165) is 25.7 Å². The molecule has 2 atom stereocenters. The van der Waals surface area contributed by atoms with Crippen LogP contribution in [0.3, 0.4) is 0 Å². The van der Waals surface area contributed by atoms with Crippen LogP contribution in [-0.2, 0) is 0 Å². The molecule has 0 aromatic rings. The average Bonchev–Trinajstić information content (AvgIpc) is 2.85. The molecule has 0 amide bonds. The minimum absolute atomic E-state index is 0.0184. The van der Waals surface area contributed by atoms with E-state index in [-0.39, 0.29) is 6.04 Å². The Bertz CT molecular complexity index is 267. The third kappa shape index (κ3) is 3.41. The minimum Gasteiger partial charge on any atom is -0.304 e. The summed E-state index contributed by atoms with van der Waals surface area (Å²) in [7, 11) is 1.87. The molecule has 2 aliphatic rings. The molecule has 0 bridgehead atoms. The smallest absolute Gasteiger partial charge is 0.108 e. The second-order valence-electron chi connectivity index (χ2n) is 5.27. The van der Waals surface area contributed by atoms with Gasteiger partial charge < -0.3 is 5.32 Å². The molecule has 2 heterocycles. The third-order valence-electron chi connectivity index (χ3n) is 4.10. The van der Waals surface area contributed by atoms with Crippen molar-refractivity contribution in [3.8, 4) is 6.07 Å². The van der Waals surface area contributed by atoms with Crippen molar-refractivity contribution in [1.82, 2.24) is 15.1 Å². The van der Waals surface area contributed by atoms with Gasteiger partial charge in [-0.2, -0.15) is 5.26 Å². The van der Waals surface area contributed by atoms with E-state index in [1.165, 1.54) is 38.8 Å². The molecular formula is C13H24N4. The van der Waals surface area contributed by atoms with Crippen LogP contribution < -0.4 is 5.32 Å². The van der Waals surface area contributed by atoms with Gasteiger partial charge in [-0.25, -0.2) is 0 Å². The fourth-order valence-corrected chi connectivity index (χ4v) is 3.01. The van der Waals surface area contributed by atoms with Crippen molar-refractivity contribution in [3.05, 3.63) is 0 Å². The number of likely N-dealkylation sites (tertiary alicyclic amines) is 2. The molecule has 0 aromatic carbocycles. The Morgan fingerprint density at radius 2 is 2.06 bits per heavy atom. The van der Waals surface area contributed by atoms with Crippen LogP contribution in [0.25, 0.3) is 0 Å². The van der Waals surface area contributed by atoms with Gasteiger partial charge in [-0.15, -0.1) is 0 Å². The zero-order valence-electron chi connectivity index (χ0n) is 10.9. The maximum Gasteiger partial charge on any atom is 0.108 e. The molecule has 4 heteroatoms. The van der Waals surface area contributed by atoms with Gasteiger partial charge in [0.15, 0.2) is 0 Å². The number of nitriles is 1. The number of rotatable bonds is 4. The Morgan fingerprint density at radius 1 is 1.29 bits per heavy atom. The van der Waals surface area contributed by atoms with E-state index in [2.05, 4.69) is 21.2 Å². The highest BCUT2D eigenvalue weighted by molar-refractivity contribution is 4.94. The Hall–Kier alpha value is -0.630. The first kappa shape index (κ1) is 12.8. The first-order chi connectivity index (χ1) is 8.33. The lowest BCUT2D eigenvalue weighted by Crippen LogP contribution is -2.42. The predicted octanol–water partition coefficient (Wildman–Crippen LogP) is 0.658. The van der Waals surface area contributed by atoms with Crippen molar-refractivity contribution < 1.29 is 0 Å². The third-order valence-corrected chi connectivity index (χ3v) is 4.10. The standard InChI is InChI=1S/C13H24N4/c1-15-12(9-14)10-16-8-5-13(11-16)17-6-3-2-4-7-17/h12-13,15H,2-8,10-11H2,1H3. The second-order valence-corrected chi connectivity index (χ2v) is 5.27. The molecule has 1 N–H and O–H groups in total. The molecule has 2 rings (SSSR count). The summed E-state index contributed by atoms with van der Waals surface area (Å²) in [5, 5.41) is 12.0. The van der Waals surface area contributed by atoms with E-state index < -0.39 is 0 Å². The molecule has 2 saturated heterocycles. The van der Waals surface area contributed by atoms with Crippen LogP contribution in [-0.4, -0.2) is 61.7 Å². The van der Waals surface area contributed by atoms with Crippen LogP contribution in [0.15, 0.2) is 0 Å². The van der Waals surface area contributed by atoms with Gasteiger partial charge in [0.2, 0.25) is 0 Å². The molecule has 0 aromatic heterocycles. The number of nitrogens with zero attached hydrogens (tertiary/aromatic N) is 3. The van der Waals surface area contributed by atoms with E-state index in [1.807, 2.05) is 7.05 Å². The van der Waals surface area contributed by atoms with Crippen LogP contribution in [0, 0.1) is 11.3 Å². The molecular weight excluding hydrogens is 212 g/mol. The normalized spacial score (nSPS) is 29.1. The maximum absolute atomic E-state index is 8.95. The minimum atomic E-state index is -0.0184. The van der Waals surface area contributed by atoms with Crippen LogP contribution >= 0.6 is 0 Å². The van der Waals surface area contributed by atoms with Crippen molar-refractivity contribution in [2.24, 2.45) is 0 Å². The van der Waals surface area contributed by atoms with Crippen LogP contribution in [0.1, 0.15) is 25.7 Å². The van der Waals surface area contributed by atoms with Gasteiger partial charge in [0, 0.05) is 19.1 Å². The van der Waals surface area contributed by atoms with Gasteiger partial charge >= 0.3 is 0 Å². The van der Waals surface area contributed by atoms with Gasteiger partial charge in [-0.1, -0.05) is 6.42 Å². The van der Waals surface area contributed by atoms with Gasteiger partial charge in [-0.05, 0) is 45.9 Å². The van der Waals surface area contributed by atoms with Gasteiger partial charge in [0.05, 0.1) is 6.07 Å². The molecule has 0 saturated carbocycles. The lowest BCUT2D eigenvalue weighted by molar-refractivity contribution is 0.161. The number of likely N-dealkylation sites (N-methyl/N-ethyl adjacent to an activating group) is 1. The van der Waals surface area contributed by atoms with E-state index in [0.29, 0.717) is 0 Å². The second kappa shape index (κ2) is 6.34. The van der Waals surface area contributed by atoms with Crippen molar-refractivity contribution in [2.45, 2.75) is 37.8 Å². The topological polar surface area (TPSA) is 42.3 Å². The number of hydrogen-bond acceptors (Lipinski definition) is 4. The largest absolute Gasteiger partial charge is 0.304 e. The maximum atomic E-state index is 8.95.